The van der Waals surface area contributed by atoms with Crippen molar-refractivity contribution in [3.8, 4) is 0 Å². The highest BCUT2D eigenvalue weighted by atomic mass is 32.2. The van der Waals surface area contributed by atoms with Crippen LogP contribution in [-0.2, 0) is 27.8 Å². The average molecular weight is 435 g/mol. The fraction of sp³-hybridized carbons (Fsp3) is 0.240. The Kier molecular flexibility index (Phi) is 5.58. The number of nitrogens with one attached hydrogen (secondary N) is 1. The minimum Gasteiger partial charge on any atom is -0.355 e. The van der Waals surface area contributed by atoms with Crippen molar-refractivity contribution in [3.05, 3.63) is 94.5 Å². The number of sulfonamides is 1. The van der Waals surface area contributed by atoms with Gasteiger partial charge < -0.3 is 4.90 Å². The molecule has 0 fully saturated rings. The fourth-order valence-corrected chi connectivity index (χ4v) is 5.40. The van der Waals surface area contributed by atoms with Gasteiger partial charge in [-0.3, -0.25) is 4.79 Å². The van der Waals surface area contributed by atoms with Gasteiger partial charge >= 0.3 is 0 Å². The molecule has 0 radical (unpaired) electrons. The van der Waals surface area contributed by atoms with Crippen LogP contribution in [-0.4, -0.2) is 20.4 Å². The monoisotopic (exact) mass is 434 g/mol. The lowest BCUT2D eigenvalue weighted by molar-refractivity contribution is -0.120. The van der Waals surface area contributed by atoms with Crippen LogP contribution in [0.1, 0.15) is 27.8 Å². The van der Waals surface area contributed by atoms with Gasteiger partial charge in [-0.25, -0.2) is 13.1 Å². The standard InChI is InChI=1S/C25H26N2O3S/c1-17-13-18(2)22(19(3)14-17)16-27-23-12-8-7-9-20(23)15-24(27)25(28)26-31(29,30)21-10-5-4-6-11-21/h4-14,24H,15-16H2,1-3H3,(H,26,28)/t24-/m1/s1. The van der Waals surface area contributed by atoms with Crippen molar-refractivity contribution in [2.45, 2.75) is 44.7 Å². The lowest BCUT2D eigenvalue weighted by Crippen LogP contribution is -2.47. The third-order valence-electron chi connectivity index (χ3n) is 5.85. The number of fused-ring (bicyclic) bond motifs is 1. The van der Waals surface area contributed by atoms with Crippen LogP contribution in [0, 0.1) is 20.8 Å². The van der Waals surface area contributed by atoms with Gasteiger partial charge in [0.25, 0.3) is 15.9 Å². The molecule has 3 aromatic carbocycles. The van der Waals surface area contributed by atoms with Crippen LogP contribution in [0.25, 0.3) is 0 Å². The van der Waals surface area contributed by atoms with Crippen LogP contribution >= 0.6 is 0 Å². The Bertz CT molecular complexity index is 1210. The molecule has 1 N–H and O–H groups in total. The molecule has 0 saturated carbocycles. The van der Waals surface area contributed by atoms with Gasteiger partial charge in [0.1, 0.15) is 6.04 Å². The molecule has 1 amide bonds. The second-order valence-electron chi connectivity index (χ2n) is 8.14. The molecule has 0 aliphatic carbocycles. The Morgan fingerprint density at radius 2 is 1.58 bits per heavy atom. The van der Waals surface area contributed by atoms with E-state index in [2.05, 4.69) is 37.6 Å². The molecule has 1 atom stereocenters. The largest absolute Gasteiger partial charge is 0.355 e. The zero-order chi connectivity index (χ0) is 22.2. The number of carbonyl (C=O) groups excluding carboxylic acids is 1. The molecule has 3 aromatic rings. The zero-order valence-electron chi connectivity index (χ0n) is 17.9. The molecular formula is C25H26N2O3S. The van der Waals surface area contributed by atoms with Crippen LogP contribution in [0.5, 0.6) is 0 Å². The summed E-state index contributed by atoms with van der Waals surface area (Å²) in [6.45, 7) is 6.76. The normalized spacial score (nSPS) is 15.6. The predicted molar refractivity (Wildman–Crippen MR) is 123 cm³/mol. The highest BCUT2D eigenvalue weighted by molar-refractivity contribution is 7.90. The van der Waals surface area contributed by atoms with Gasteiger partial charge in [-0.05, 0) is 61.2 Å². The van der Waals surface area contributed by atoms with Crippen molar-refractivity contribution in [1.82, 2.24) is 4.72 Å². The maximum Gasteiger partial charge on any atom is 0.264 e. The molecule has 6 heteroatoms. The van der Waals surface area contributed by atoms with Crippen LogP contribution in [0.2, 0.25) is 0 Å². The highest BCUT2D eigenvalue weighted by Gasteiger charge is 2.36. The number of anilines is 1. The van der Waals surface area contributed by atoms with E-state index in [1.165, 1.54) is 17.7 Å². The summed E-state index contributed by atoms with van der Waals surface area (Å²) < 4.78 is 27.8. The molecule has 0 saturated heterocycles. The molecule has 0 aromatic heterocycles. The molecule has 5 nitrogen and oxygen atoms in total. The van der Waals surface area contributed by atoms with Crippen LogP contribution in [0.4, 0.5) is 5.69 Å². The van der Waals surface area contributed by atoms with E-state index in [4.69, 9.17) is 0 Å². The maximum atomic E-state index is 13.2. The first-order valence-corrected chi connectivity index (χ1v) is 11.8. The van der Waals surface area contributed by atoms with Crippen molar-refractivity contribution >= 4 is 21.6 Å². The van der Waals surface area contributed by atoms with Gasteiger partial charge in [0.2, 0.25) is 0 Å². The van der Waals surface area contributed by atoms with E-state index in [1.54, 1.807) is 18.2 Å². The second-order valence-corrected chi connectivity index (χ2v) is 9.82. The first-order valence-electron chi connectivity index (χ1n) is 10.3. The molecule has 0 bridgehead atoms. The SMILES string of the molecule is Cc1cc(C)c(CN2c3ccccc3C[C@@H]2C(=O)NS(=O)(=O)c2ccccc2)c(C)c1. The highest BCUT2D eigenvalue weighted by Crippen LogP contribution is 2.34. The lowest BCUT2D eigenvalue weighted by Gasteiger charge is -2.28. The number of hydrogen-bond acceptors (Lipinski definition) is 4. The summed E-state index contributed by atoms with van der Waals surface area (Å²) in [5.74, 6) is -0.512. The predicted octanol–water partition coefficient (Wildman–Crippen LogP) is 4.05. The topological polar surface area (TPSA) is 66.5 Å². The first kappa shape index (κ1) is 21.1. The van der Waals surface area contributed by atoms with E-state index in [-0.39, 0.29) is 4.90 Å². The second kappa shape index (κ2) is 8.19. The third kappa shape index (κ3) is 4.21. The number of benzene rings is 3. The Morgan fingerprint density at radius 1 is 0.968 bits per heavy atom. The quantitative estimate of drug-likeness (QED) is 0.658. The van der Waals surface area contributed by atoms with E-state index in [1.807, 2.05) is 29.2 Å². The van der Waals surface area contributed by atoms with Gasteiger partial charge in [-0.2, -0.15) is 0 Å². The summed E-state index contributed by atoms with van der Waals surface area (Å²) in [5.41, 5.74) is 6.70. The smallest absolute Gasteiger partial charge is 0.264 e. The molecule has 1 heterocycles. The minimum absolute atomic E-state index is 0.0793. The van der Waals surface area contributed by atoms with Crippen LogP contribution in [0.3, 0.4) is 0 Å². The molecule has 0 unspecified atom stereocenters. The Balaban J connectivity index is 1.66. The molecule has 0 spiro atoms. The van der Waals surface area contributed by atoms with Crippen molar-refractivity contribution in [3.63, 3.8) is 0 Å². The third-order valence-corrected chi connectivity index (χ3v) is 7.21. The van der Waals surface area contributed by atoms with E-state index in [0.717, 1.165) is 27.9 Å². The Labute approximate surface area is 183 Å². The van der Waals surface area contributed by atoms with E-state index in [0.29, 0.717) is 13.0 Å². The molecule has 4 rings (SSSR count). The number of carbonyl (C=O) groups is 1. The van der Waals surface area contributed by atoms with Crippen LogP contribution < -0.4 is 9.62 Å². The number of nitrogens with zero attached hydrogens (tertiary/aromatic N) is 1. The zero-order valence-corrected chi connectivity index (χ0v) is 18.7. The lowest BCUT2D eigenvalue weighted by atomic mass is 9.99. The van der Waals surface area contributed by atoms with Crippen molar-refractivity contribution < 1.29 is 13.2 Å². The van der Waals surface area contributed by atoms with Gasteiger partial charge in [0.15, 0.2) is 0 Å². The summed E-state index contributed by atoms with van der Waals surface area (Å²) in [7, 11) is -3.93. The number of rotatable bonds is 5. The molecule has 160 valence electrons. The van der Waals surface area contributed by atoms with Crippen molar-refractivity contribution in [2.75, 3.05) is 4.90 Å². The van der Waals surface area contributed by atoms with E-state index in [9.17, 15) is 13.2 Å². The number of amides is 1. The van der Waals surface area contributed by atoms with E-state index < -0.39 is 22.0 Å². The molecule has 1 aliphatic rings. The number of para-hydroxylation sites is 1. The minimum atomic E-state index is -3.93. The summed E-state index contributed by atoms with van der Waals surface area (Å²) in [6, 6.07) is 19.5. The Morgan fingerprint density at radius 3 is 2.26 bits per heavy atom. The summed E-state index contributed by atoms with van der Waals surface area (Å²) in [4.78, 5) is 15.3. The summed E-state index contributed by atoms with van der Waals surface area (Å²) in [5, 5.41) is 0. The Hall–Kier alpha value is -3.12. The fourth-order valence-electron chi connectivity index (χ4n) is 4.37. The van der Waals surface area contributed by atoms with Gasteiger partial charge in [0.05, 0.1) is 4.90 Å². The van der Waals surface area contributed by atoms with Crippen molar-refractivity contribution in [1.29, 1.82) is 0 Å². The first-order chi connectivity index (χ1) is 14.8. The maximum absolute atomic E-state index is 13.2. The molecule has 31 heavy (non-hydrogen) atoms. The van der Waals surface area contributed by atoms with Crippen molar-refractivity contribution in [2.24, 2.45) is 0 Å². The number of aryl methyl sites for hydroxylation is 3. The van der Waals surface area contributed by atoms with E-state index >= 15 is 0 Å². The molecule has 1 aliphatic heterocycles. The van der Waals surface area contributed by atoms with Crippen LogP contribution in [0.15, 0.2) is 71.6 Å². The van der Waals surface area contributed by atoms with Gasteiger partial charge in [-0.15, -0.1) is 0 Å². The molecular weight excluding hydrogens is 408 g/mol. The summed E-state index contributed by atoms with van der Waals surface area (Å²) in [6.07, 6.45) is 0.469. The van der Waals surface area contributed by atoms with Gasteiger partial charge in [0, 0.05) is 18.7 Å². The summed E-state index contributed by atoms with van der Waals surface area (Å²) >= 11 is 0. The average Bonchev–Trinajstić information content (AvgIpc) is 3.10. The number of hydrogen-bond donors (Lipinski definition) is 1. The van der Waals surface area contributed by atoms with Gasteiger partial charge in [-0.1, -0.05) is 54.1 Å².